The molecular formula is C11H23NO. The maximum absolute atomic E-state index is 10.3. The minimum Gasteiger partial charge on any atom is -0.388 e. The lowest BCUT2D eigenvalue weighted by atomic mass is 9.75. The Labute approximate surface area is 81.5 Å². The number of nitrogens with two attached hydrogens (primary N) is 1. The first-order valence-corrected chi connectivity index (χ1v) is 5.65. The van der Waals surface area contributed by atoms with Crippen LogP contribution in [0.5, 0.6) is 0 Å². The van der Waals surface area contributed by atoms with E-state index in [0.717, 1.165) is 12.8 Å². The highest BCUT2D eigenvalue weighted by atomic mass is 16.3. The molecule has 0 heterocycles. The van der Waals surface area contributed by atoms with E-state index in [-0.39, 0.29) is 0 Å². The Balaban J connectivity index is 2.51. The molecule has 1 unspecified atom stereocenters. The van der Waals surface area contributed by atoms with Gasteiger partial charge < -0.3 is 10.8 Å². The fraction of sp³-hybridized carbons (Fsp3) is 1.00. The maximum atomic E-state index is 10.3. The smallest absolute Gasteiger partial charge is 0.0797 e. The molecule has 1 saturated carbocycles. The highest BCUT2D eigenvalue weighted by molar-refractivity contribution is 4.88. The van der Waals surface area contributed by atoms with Crippen molar-refractivity contribution in [3.8, 4) is 0 Å². The van der Waals surface area contributed by atoms with Gasteiger partial charge in [-0.25, -0.2) is 0 Å². The van der Waals surface area contributed by atoms with Gasteiger partial charge in [0, 0.05) is 6.54 Å². The predicted octanol–water partition coefficient (Wildman–Crippen LogP) is 2.06. The van der Waals surface area contributed by atoms with E-state index in [9.17, 15) is 5.11 Å². The summed E-state index contributed by atoms with van der Waals surface area (Å²) in [7, 11) is 0. The molecule has 1 fully saturated rings. The van der Waals surface area contributed by atoms with Crippen LogP contribution < -0.4 is 5.73 Å². The van der Waals surface area contributed by atoms with E-state index < -0.39 is 5.60 Å². The van der Waals surface area contributed by atoms with Gasteiger partial charge in [0.15, 0.2) is 0 Å². The summed E-state index contributed by atoms with van der Waals surface area (Å²) in [5, 5.41) is 10.3. The average Bonchev–Trinajstić information content (AvgIpc) is 2.19. The lowest BCUT2D eigenvalue weighted by Crippen LogP contribution is -2.45. The standard InChI is InChI=1S/C11H23NO/c1-2-8-11(13,9-12)10-6-4-3-5-7-10/h10,13H,2-9,12H2,1H3. The molecule has 0 aromatic carbocycles. The van der Waals surface area contributed by atoms with E-state index in [0.29, 0.717) is 12.5 Å². The van der Waals surface area contributed by atoms with Crippen molar-refractivity contribution in [2.45, 2.75) is 57.5 Å². The highest BCUT2D eigenvalue weighted by Gasteiger charge is 2.34. The Morgan fingerprint density at radius 3 is 2.38 bits per heavy atom. The SMILES string of the molecule is CCCC(O)(CN)C1CCCCC1. The fourth-order valence-corrected chi connectivity index (χ4v) is 2.55. The number of rotatable bonds is 4. The number of hydrogen-bond acceptors (Lipinski definition) is 2. The van der Waals surface area contributed by atoms with Gasteiger partial charge in [-0.2, -0.15) is 0 Å². The summed E-state index contributed by atoms with van der Waals surface area (Å²) in [6.07, 6.45) is 8.14. The largest absolute Gasteiger partial charge is 0.388 e. The van der Waals surface area contributed by atoms with Crippen LogP contribution >= 0.6 is 0 Å². The van der Waals surface area contributed by atoms with Crippen LogP contribution in [0.15, 0.2) is 0 Å². The quantitative estimate of drug-likeness (QED) is 0.704. The van der Waals surface area contributed by atoms with Crippen molar-refractivity contribution in [2.75, 3.05) is 6.54 Å². The molecule has 2 nitrogen and oxygen atoms in total. The summed E-state index contributed by atoms with van der Waals surface area (Å²) < 4.78 is 0. The van der Waals surface area contributed by atoms with Crippen LogP contribution in [-0.2, 0) is 0 Å². The Morgan fingerprint density at radius 2 is 1.92 bits per heavy atom. The second-order valence-corrected chi connectivity index (χ2v) is 4.39. The zero-order valence-electron chi connectivity index (χ0n) is 8.76. The molecule has 1 rings (SSSR count). The summed E-state index contributed by atoms with van der Waals surface area (Å²) in [4.78, 5) is 0. The Bertz CT molecular complexity index is 143. The molecule has 0 spiro atoms. The van der Waals surface area contributed by atoms with E-state index in [1.165, 1.54) is 32.1 Å². The van der Waals surface area contributed by atoms with Crippen molar-refractivity contribution >= 4 is 0 Å². The zero-order chi connectivity index (χ0) is 9.73. The van der Waals surface area contributed by atoms with E-state index in [1.807, 2.05) is 0 Å². The van der Waals surface area contributed by atoms with E-state index in [4.69, 9.17) is 5.73 Å². The van der Waals surface area contributed by atoms with Crippen molar-refractivity contribution in [1.29, 1.82) is 0 Å². The van der Waals surface area contributed by atoms with Crippen LogP contribution in [0, 0.1) is 5.92 Å². The first-order valence-electron chi connectivity index (χ1n) is 5.65. The Kier molecular flexibility index (Phi) is 4.20. The van der Waals surface area contributed by atoms with Gasteiger partial charge in [-0.05, 0) is 25.2 Å². The fourth-order valence-electron chi connectivity index (χ4n) is 2.55. The van der Waals surface area contributed by atoms with Crippen molar-refractivity contribution < 1.29 is 5.11 Å². The monoisotopic (exact) mass is 185 g/mol. The second-order valence-electron chi connectivity index (χ2n) is 4.39. The molecule has 78 valence electrons. The summed E-state index contributed by atoms with van der Waals surface area (Å²) in [6.45, 7) is 2.55. The molecule has 1 atom stereocenters. The summed E-state index contributed by atoms with van der Waals surface area (Å²) in [6, 6.07) is 0. The van der Waals surface area contributed by atoms with Crippen molar-refractivity contribution in [3.63, 3.8) is 0 Å². The lowest BCUT2D eigenvalue weighted by molar-refractivity contribution is -0.0325. The molecule has 0 aromatic rings. The molecule has 13 heavy (non-hydrogen) atoms. The van der Waals surface area contributed by atoms with Gasteiger partial charge in [-0.1, -0.05) is 32.6 Å². The van der Waals surface area contributed by atoms with Gasteiger partial charge in [0.25, 0.3) is 0 Å². The normalized spacial score (nSPS) is 24.2. The summed E-state index contributed by atoms with van der Waals surface area (Å²) in [5.74, 6) is 0.464. The minimum atomic E-state index is -0.560. The molecule has 3 N–H and O–H groups in total. The van der Waals surface area contributed by atoms with Gasteiger partial charge in [0.05, 0.1) is 5.60 Å². The molecule has 0 aliphatic heterocycles. The molecule has 1 aliphatic carbocycles. The molecule has 0 amide bonds. The molecule has 0 aromatic heterocycles. The van der Waals surface area contributed by atoms with E-state index in [1.54, 1.807) is 0 Å². The van der Waals surface area contributed by atoms with E-state index >= 15 is 0 Å². The average molecular weight is 185 g/mol. The van der Waals surface area contributed by atoms with E-state index in [2.05, 4.69) is 6.92 Å². The first-order chi connectivity index (χ1) is 6.23. The van der Waals surface area contributed by atoms with Crippen molar-refractivity contribution in [3.05, 3.63) is 0 Å². The molecule has 0 radical (unpaired) electrons. The van der Waals surface area contributed by atoms with Crippen LogP contribution in [0.1, 0.15) is 51.9 Å². The van der Waals surface area contributed by atoms with Crippen LogP contribution in [-0.4, -0.2) is 17.3 Å². The Hall–Kier alpha value is -0.0800. The maximum Gasteiger partial charge on any atom is 0.0797 e. The van der Waals surface area contributed by atoms with Gasteiger partial charge >= 0.3 is 0 Å². The topological polar surface area (TPSA) is 46.2 Å². The predicted molar refractivity (Wildman–Crippen MR) is 55.5 cm³/mol. The lowest BCUT2D eigenvalue weighted by Gasteiger charge is -2.37. The molecular weight excluding hydrogens is 162 g/mol. The van der Waals surface area contributed by atoms with Gasteiger partial charge in [0.1, 0.15) is 0 Å². The van der Waals surface area contributed by atoms with Gasteiger partial charge in [-0.15, -0.1) is 0 Å². The first kappa shape index (κ1) is 11.0. The third kappa shape index (κ3) is 2.68. The van der Waals surface area contributed by atoms with Gasteiger partial charge in [-0.3, -0.25) is 0 Å². The van der Waals surface area contributed by atoms with Crippen LogP contribution in [0.2, 0.25) is 0 Å². The third-order valence-corrected chi connectivity index (χ3v) is 3.40. The second kappa shape index (κ2) is 4.97. The molecule has 0 saturated heterocycles. The zero-order valence-corrected chi connectivity index (χ0v) is 8.76. The van der Waals surface area contributed by atoms with Crippen LogP contribution in [0.3, 0.4) is 0 Å². The summed E-state index contributed by atoms with van der Waals surface area (Å²) >= 11 is 0. The third-order valence-electron chi connectivity index (χ3n) is 3.40. The number of hydrogen-bond donors (Lipinski definition) is 2. The van der Waals surface area contributed by atoms with Crippen molar-refractivity contribution in [2.24, 2.45) is 11.7 Å². The van der Waals surface area contributed by atoms with Crippen LogP contribution in [0.25, 0.3) is 0 Å². The van der Waals surface area contributed by atoms with Crippen molar-refractivity contribution in [1.82, 2.24) is 0 Å². The van der Waals surface area contributed by atoms with Crippen LogP contribution in [0.4, 0.5) is 0 Å². The Morgan fingerprint density at radius 1 is 1.31 bits per heavy atom. The minimum absolute atomic E-state index is 0.436. The highest BCUT2D eigenvalue weighted by Crippen LogP contribution is 2.34. The van der Waals surface area contributed by atoms with Gasteiger partial charge in [0.2, 0.25) is 0 Å². The molecule has 2 heteroatoms. The molecule has 0 bridgehead atoms. The summed E-state index contributed by atoms with van der Waals surface area (Å²) in [5.41, 5.74) is 5.11. The number of aliphatic hydroxyl groups is 1. The molecule has 1 aliphatic rings.